The summed E-state index contributed by atoms with van der Waals surface area (Å²) >= 11 is 8.93. The number of nitrogens with zero attached hydrogens (tertiary/aromatic N) is 1. The quantitative estimate of drug-likeness (QED) is 0.804. The molecule has 0 radical (unpaired) electrons. The summed E-state index contributed by atoms with van der Waals surface area (Å²) in [5, 5.41) is 3.02. The van der Waals surface area contributed by atoms with E-state index in [-0.39, 0.29) is 5.25 Å². The van der Waals surface area contributed by atoms with Gasteiger partial charge in [0.25, 0.3) is 0 Å². The Labute approximate surface area is 104 Å². The Bertz CT molecular complexity index is 441. The van der Waals surface area contributed by atoms with Crippen LogP contribution in [0.5, 0.6) is 0 Å². The van der Waals surface area contributed by atoms with E-state index in [9.17, 15) is 4.21 Å². The first-order valence-corrected chi connectivity index (χ1v) is 7.57. The molecule has 1 aliphatic heterocycles. The van der Waals surface area contributed by atoms with Crippen molar-refractivity contribution in [2.45, 2.75) is 23.3 Å². The molecule has 0 spiro atoms. The monoisotopic (exact) mass is 280 g/mol. The highest BCUT2D eigenvalue weighted by Crippen LogP contribution is 2.42. The van der Waals surface area contributed by atoms with Crippen LogP contribution < -0.4 is 4.72 Å². The Hall–Kier alpha value is -0.0400. The molecule has 2 rings (SSSR count). The van der Waals surface area contributed by atoms with Crippen LogP contribution in [0.2, 0.25) is 5.02 Å². The number of halogens is 1. The summed E-state index contributed by atoms with van der Waals surface area (Å²) in [5.41, 5.74) is 0.745. The molecule has 15 heavy (non-hydrogen) atoms. The van der Waals surface area contributed by atoms with Crippen LogP contribution >= 0.6 is 34.9 Å². The van der Waals surface area contributed by atoms with Crippen LogP contribution in [-0.4, -0.2) is 14.6 Å². The number of aliphatic imine (C=N–C) groups is 1. The van der Waals surface area contributed by atoms with E-state index < -0.39 is 10.8 Å². The molecule has 1 unspecified atom stereocenters. The highest BCUT2D eigenvalue weighted by molar-refractivity contribution is 8.06. The summed E-state index contributed by atoms with van der Waals surface area (Å²) in [7, 11) is -1.09. The van der Waals surface area contributed by atoms with Crippen LogP contribution in [0.4, 0.5) is 5.69 Å². The molecule has 2 heterocycles. The van der Waals surface area contributed by atoms with E-state index in [1.54, 1.807) is 0 Å². The van der Waals surface area contributed by atoms with Gasteiger partial charge in [-0.1, -0.05) is 25.4 Å². The number of hydrogen-bond donors (Lipinski definition) is 1. The standard InChI is InChI=1S/C8H9ClN2OS3/c1-4(2)15(12)8-10-6-5(9)3-13-7(6)14-11-8/h3-4H,1-2H3,(H,10,11). The van der Waals surface area contributed by atoms with Crippen molar-refractivity contribution in [1.29, 1.82) is 0 Å². The summed E-state index contributed by atoms with van der Waals surface area (Å²) in [6.45, 7) is 3.80. The van der Waals surface area contributed by atoms with Gasteiger partial charge in [0, 0.05) is 10.6 Å². The Balaban J connectivity index is 2.36. The van der Waals surface area contributed by atoms with E-state index in [1.807, 2.05) is 19.2 Å². The fourth-order valence-electron chi connectivity index (χ4n) is 1.01. The number of rotatable bonds is 1. The van der Waals surface area contributed by atoms with E-state index in [2.05, 4.69) is 9.71 Å². The molecule has 0 saturated carbocycles. The SMILES string of the molecule is CC(C)S(=O)C1=Nc2c(Cl)csc2SN1. The van der Waals surface area contributed by atoms with Crippen molar-refractivity contribution >= 4 is 56.5 Å². The molecule has 1 aromatic heterocycles. The van der Waals surface area contributed by atoms with E-state index >= 15 is 0 Å². The molecule has 0 saturated heterocycles. The van der Waals surface area contributed by atoms with Gasteiger partial charge in [0.2, 0.25) is 5.17 Å². The van der Waals surface area contributed by atoms with Crippen molar-refractivity contribution in [1.82, 2.24) is 4.72 Å². The molecule has 1 aliphatic rings. The Morgan fingerprint density at radius 2 is 2.33 bits per heavy atom. The van der Waals surface area contributed by atoms with Gasteiger partial charge in [0.05, 0.1) is 15.8 Å². The molecule has 82 valence electrons. The molecule has 1 atom stereocenters. The first-order chi connectivity index (χ1) is 7.09. The van der Waals surface area contributed by atoms with Crippen LogP contribution in [0.15, 0.2) is 14.6 Å². The minimum atomic E-state index is -1.09. The third kappa shape index (κ3) is 2.22. The lowest BCUT2D eigenvalue weighted by Gasteiger charge is -2.14. The first kappa shape index (κ1) is 11.4. The van der Waals surface area contributed by atoms with Crippen molar-refractivity contribution in [2.24, 2.45) is 4.99 Å². The number of amidine groups is 1. The number of hydrogen-bond acceptors (Lipinski definition) is 5. The number of thiophene rings is 1. The summed E-state index contributed by atoms with van der Waals surface area (Å²) in [4.78, 5) is 4.29. The zero-order valence-corrected chi connectivity index (χ0v) is 11.3. The molecular weight excluding hydrogens is 272 g/mol. The van der Waals surface area contributed by atoms with Crippen LogP contribution in [0.1, 0.15) is 13.8 Å². The van der Waals surface area contributed by atoms with Crippen LogP contribution in [0, 0.1) is 0 Å². The molecular formula is C8H9ClN2OS3. The van der Waals surface area contributed by atoms with Gasteiger partial charge in [-0.25, -0.2) is 4.99 Å². The van der Waals surface area contributed by atoms with Crippen molar-refractivity contribution in [3.8, 4) is 0 Å². The predicted molar refractivity (Wildman–Crippen MR) is 68.7 cm³/mol. The second-order valence-corrected chi connectivity index (χ2v) is 7.47. The summed E-state index contributed by atoms with van der Waals surface area (Å²) in [5.74, 6) is 0. The summed E-state index contributed by atoms with van der Waals surface area (Å²) in [6, 6.07) is 0. The summed E-state index contributed by atoms with van der Waals surface area (Å²) in [6.07, 6.45) is 0. The molecule has 0 aliphatic carbocycles. The first-order valence-electron chi connectivity index (χ1n) is 4.28. The van der Waals surface area contributed by atoms with E-state index in [0.29, 0.717) is 10.2 Å². The summed E-state index contributed by atoms with van der Waals surface area (Å²) < 4.78 is 15.8. The minimum Gasteiger partial charge on any atom is -0.302 e. The second-order valence-electron chi connectivity index (χ2n) is 3.19. The highest BCUT2D eigenvalue weighted by Gasteiger charge is 2.22. The maximum absolute atomic E-state index is 11.8. The average Bonchev–Trinajstić information content (AvgIpc) is 2.59. The average molecular weight is 281 g/mol. The van der Waals surface area contributed by atoms with Gasteiger partial charge in [0.1, 0.15) is 9.90 Å². The van der Waals surface area contributed by atoms with Gasteiger partial charge in [0.15, 0.2) is 0 Å². The molecule has 0 amide bonds. The Morgan fingerprint density at radius 3 is 3.00 bits per heavy atom. The highest BCUT2D eigenvalue weighted by atomic mass is 35.5. The van der Waals surface area contributed by atoms with Crippen molar-refractivity contribution < 1.29 is 4.21 Å². The zero-order chi connectivity index (χ0) is 11.0. The minimum absolute atomic E-state index is 0.0517. The molecule has 3 nitrogen and oxygen atoms in total. The molecule has 0 fully saturated rings. The molecule has 7 heteroatoms. The van der Waals surface area contributed by atoms with Gasteiger partial charge in [-0.2, -0.15) is 0 Å². The van der Waals surface area contributed by atoms with Crippen LogP contribution in [-0.2, 0) is 10.8 Å². The molecule has 0 aromatic carbocycles. The smallest absolute Gasteiger partial charge is 0.203 e. The van der Waals surface area contributed by atoms with E-state index in [4.69, 9.17) is 11.6 Å². The largest absolute Gasteiger partial charge is 0.302 e. The lowest BCUT2D eigenvalue weighted by Crippen LogP contribution is -2.27. The van der Waals surface area contributed by atoms with Gasteiger partial charge < -0.3 is 4.72 Å². The van der Waals surface area contributed by atoms with Crippen LogP contribution in [0.25, 0.3) is 0 Å². The Kier molecular flexibility index (Phi) is 3.39. The zero-order valence-electron chi connectivity index (χ0n) is 8.11. The van der Waals surface area contributed by atoms with Crippen LogP contribution in [0.3, 0.4) is 0 Å². The molecule has 1 N–H and O–H groups in total. The van der Waals surface area contributed by atoms with Gasteiger partial charge in [-0.3, -0.25) is 4.21 Å². The maximum Gasteiger partial charge on any atom is 0.203 e. The fraction of sp³-hybridized carbons (Fsp3) is 0.375. The number of nitrogens with one attached hydrogen (secondary N) is 1. The lowest BCUT2D eigenvalue weighted by atomic mass is 10.5. The second kappa shape index (κ2) is 4.45. The molecule has 0 bridgehead atoms. The van der Waals surface area contributed by atoms with Gasteiger partial charge in [-0.05, 0) is 11.9 Å². The predicted octanol–water partition coefficient (Wildman–Crippen LogP) is 3.16. The molecule has 1 aromatic rings. The maximum atomic E-state index is 11.8. The normalized spacial score (nSPS) is 16.9. The van der Waals surface area contributed by atoms with Gasteiger partial charge >= 0.3 is 0 Å². The number of fused-ring (bicyclic) bond motifs is 1. The third-order valence-corrected chi connectivity index (χ3v) is 5.70. The van der Waals surface area contributed by atoms with Crippen molar-refractivity contribution in [2.75, 3.05) is 0 Å². The van der Waals surface area contributed by atoms with E-state index in [1.165, 1.54) is 23.3 Å². The van der Waals surface area contributed by atoms with E-state index in [0.717, 1.165) is 9.90 Å². The lowest BCUT2D eigenvalue weighted by molar-refractivity contribution is 0.683. The topological polar surface area (TPSA) is 41.5 Å². The Morgan fingerprint density at radius 1 is 1.60 bits per heavy atom. The van der Waals surface area contributed by atoms with Crippen molar-refractivity contribution in [3.05, 3.63) is 10.4 Å². The third-order valence-electron chi connectivity index (χ3n) is 1.75. The van der Waals surface area contributed by atoms with Crippen molar-refractivity contribution in [3.63, 3.8) is 0 Å². The van der Waals surface area contributed by atoms with Gasteiger partial charge in [-0.15, -0.1) is 11.3 Å². The fourth-order valence-corrected chi connectivity index (χ4v) is 4.00.